The fraction of sp³-hybridized carbons (Fsp3) is 0.455. The molecule has 0 bridgehead atoms. The fourth-order valence-corrected chi connectivity index (χ4v) is 1.20. The van der Waals surface area contributed by atoms with Crippen LogP contribution in [0.1, 0.15) is 13.3 Å². The predicted molar refractivity (Wildman–Crippen MR) is 55.9 cm³/mol. The third-order valence-electron chi connectivity index (χ3n) is 1.99. The number of hydrogen-bond donors (Lipinski definition) is 1. The molecule has 90 valence electrons. The molecule has 1 aromatic carbocycles. The molecule has 0 spiro atoms. The second kappa shape index (κ2) is 6.37. The van der Waals surface area contributed by atoms with E-state index in [0.29, 0.717) is 32.2 Å². The van der Waals surface area contributed by atoms with Gasteiger partial charge in [0.2, 0.25) is 0 Å². The summed E-state index contributed by atoms with van der Waals surface area (Å²) in [6.07, 6.45) is 0.673. The molecule has 5 heteroatoms. The number of halogens is 3. The van der Waals surface area contributed by atoms with E-state index in [-0.39, 0.29) is 5.69 Å². The molecule has 1 rings (SSSR count). The molecular formula is C11H14F3NO. The summed E-state index contributed by atoms with van der Waals surface area (Å²) in [5, 5.41) is 2.68. The van der Waals surface area contributed by atoms with Crippen molar-refractivity contribution < 1.29 is 17.9 Å². The Hall–Kier alpha value is -1.23. The molecule has 1 N–H and O–H groups in total. The second-order valence-corrected chi connectivity index (χ2v) is 3.22. The molecule has 0 aliphatic heterocycles. The summed E-state index contributed by atoms with van der Waals surface area (Å²) in [6, 6.07) is 1.34. The van der Waals surface area contributed by atoms with Gasteiger partial charge < -0.3 is 10.1 Å². The third kappa shape index (κ3) is 3.73. The van der Waals surface area contributed by atoms with Crippen LogP contribution in [0.5, 0.6) is 0 Å². The molecule has 0 atom stereocenters. The highest BCUT2D eigenvalue weighted by Gasteiger charge is 2.08. The van der Waals surface area contributed by atoms with Crippen LogP contribution in [0.4, 0.5) is 18.9 Å². The zero-order valence-corrected chi connectivity index (χ0v) is 9.03. The summed E-state index contributed by atoms with van der Waals surface area (Å²) in [5.74, 6) is -3.04. The molecule has 0 radical (unpaired) electrons. The quantitative estimate of drug-likeness (QED) is 0.602. The van der Waals surface area contributed by atoms with E-state index in [1.54, 1.807) is 0 Å². The number of anilines is 1. The molecule has 0 saturated heterocycles. The summed E-state index contributed by atoms with van der Waals surface area (Å²) in [5.41, 5.74) is -0.0320. The lowest BCUT2D eigenvalue weighted by atomic mass is 10.2. The first-order valence-electron chi connectivity index (χ1n) is 5.11. The Labute approximate surface area is 92.4 Å². The van der Waals surface area contributed by atoms with Gasteiger partial charge in [-0.3, -0.25) is 0 Å². The number of ether oxygens (including phenoxy) is 1. The molecule has 0 unspecified atom stereocenters. The fourth-order valence-electron chi connectivity index (χ4n) is 1.20. The lowest BCUT2D eigenvalue weighted by Gasteiger charge is -2.08. The zero-order valence-electron chi connectivity index (χ0n) is 9.03. The van der Waals surface area contributed by atoms with E-state index in [4.69, 9.17) is 4.74 Å². The van der Waals surface area contributed by atoms with Crippen molar-refractivity contribution in [3.8, 4) is 0 Å². The Morgan fingerprint density at radius 3 is 2.50 bits per heavy atom. The topological polar surface area (TPSA) is 21.3 Å². The molecule has 16 heavy (non-hydrogen) atoms. The van der Waals surface area contributed by atoms with Gasteiger partial charge >= 0.3 is 0 Å². The first-order valence-corrected chi connectivity index (χ1v) is 5.11. The van der Waals surface area contributed by atoms with Crippen molar-refractivity contribution in [1.29, 1.82) is 0 Å². The summed E-state index contributed by atoms with van der Waals surface area (Å²) in [7, 11) is 0. The summed E-state index contributed by atoms with van der Waals surface area (Å²) >= 11 is 0. The highest BCUT2D eigenvalue weighted by atomic mass is 19.2. The Bertz CT molecular complexity index is 344. The third-order valence-corrected chi connectivity index (χ3v) is 1.99. The highest BCUT2D eigenvalue weighted by molar-refractivity contribution is 5.45. The standard InChI is InChI=1S/C11H14F3NO/c1-2-16-5-3-4-15-11-7-9(13)8(12)6-10(11)14/h6-7,15H,2-5H2,1H3. The van der Waals surface area contributed by atoms with E-state index in [0.717, 1.165) is 6.07 Å². The van der Waals surface area contributed by atoms with Gasteiger partial charge in [0, 0.05) is 31.9 Å². The second-order valence-electron chi connectivity index (χ2n) is 3.22. The van der Waals surface area contributed by atoms with E-state index in [9.17, 15) is 13.2 Å². The predicted octanol–water partition coefficient (Wildman–Crippen LogP) is 2.94. The molecule has 0 amide bonds. The van der Waals surface area contributed by atoms with Crippen LogP contribution >= 0.6 is 0 Å². The molecule has 0 aliphatic carbocycles. The van der Waals surface area contributed by atoms with Crippen LogP contribution in [-0.4, -0.2) is 19.8 Å². The maximum Gasteiger partial charge on any atom is 0.161 e. The van der Waals surface area contributed by atoms with E-state index < -0.39 is 17.5 Å². The Balaban J connectivity index is 2.45. The smallest absolute Gasteiger partial charge is 0.161 e. The summed E-state index contributed by atoms with van der Waals surface area (Å²) in [6.45, 7) is 3.50. The Morgan fingerprint density at radius 2 is 1.81 bits per heavy atom. The Kier molecular flexibility index (Phi) is 5.11. The first-order chi connectivity index (χ1) is 7.65. The molecule has 0 aromatic heterocycles. The van der Waals surface area contributed by atoms with E-state index >= 15 is 0 Å². The van der Waals surface area contributed by atoms with Gasteiger partial charge in [0.15, 0.2) is 11.6 Å². The van der Waals surface area contributed by atoms with Gasteiger partial charge in [0.25, 0.3) is 0 Å². The zero-order chi connectivity index (χ0) is 12.0. The van der Waals surface area contributed by atoms with E-state index in [1.165, 1.54) is 0 Å². The van der Waals surface area contributed by atoms with Crippen LogP contribution in [0.15, 0.2) is 12.1 Å². The van der Waals surface area contributed by atoms with Gasteiger partial charge in [-0.1, -0.05) is 0 Å². The van der Waals surface area contributed by atoms with Crippen molar-refractivity contribution in [3.05, 3.63) is 29.6 Å². The minimum absolute atomic E-state index is 0.0320. The van der Waals surface area contributed by atoms with Crippen molar-refractivity contribution >= 4 is 5.69 Å². The van der Waals surface area contributed by atoms with E-state index in [1.807, 2.05) is 6.92 Å². The van der Waals surface area contributed by atoms with Crippen molar-refractivity contribution in [2.24, 2.45) is 0 Å². The van der Waals surface area contributed by atoms with Crippen LogP contribution in [0.25, 0.3) is 0 Å². The molecule has 2 nitrogen and oxygen atoms in total. The SMILES string of the molecule is CCOCCCNc1cc(F)c(F)cc1F. The van der Waals surface area contributed by atoms with Gasteiger partial charge in [-0.15, -0.1) is 0 Å². The average molecular weight is 233 g/mol. The summed E-state index contributed by atoms with van der Waals surface area (Å²) < 4.78 is 43.6. The van der Waals surface area contributed by atoms with Gasteiger partial charge in [-0.05, 0) is 13.3 Å². The number of rotatable bonds is 6. The van der Waals surface area contributed by atoms with E-state index in [2.05, 4.69) is 5.32 Å². The molecule has 0 heterocycles. The lowest BCUT2D eigenvalue weighted by Crippen LogP contribution is -2.07. The largest absolute Gasteiger partial charge is 0.383 e. The minimum Gasteiger partial charge on any atom is -0.383 e. The maximum atomic E-state index is 13.1. The number of benzene rings is 1. The van der Waals surface area contributed by atoms with Gasteiger partial charge in [-0.25, -0.2) is 13.2 Å². The van der Waals surface area contributed by atoms with Crippen LogP contribution in [0.3, 0.4) is 0 Å². The average Bonchev–Trinajstić information content (AvgIpc) is 2.25. The van der Waals surface area contributed by atoms with Gasteiger partial charge in [0.05, 0.1) is 5.69 Å². The van der Waals surface area contributed by atoms with Crippen molar-refractivity contribution in [2.75, 3.05) is 25.1 Å². The number of nitrogens with one attached hydrogen (secondary N) is 1. The van der Waals surface area contributed by atoms with Crippen LogP contribution in [0.2, 0.25) is 0 Å². The maximum absolute atomic E-state index is 13.1. The summed E-state index contributed by atoms with van der Waals surface area (Å²) in [4.78, 5) is 0. The molecule has 0 fully saturated rings. The first kappa shape index (κ1) is 12.8. The number of hydrogen-bond acceptors (Lipinski definition) is 2. The van der Waals surface area contributed by atoms with Crippen molar-refractivity contribution in [2.45, 2.75) is 13.3 Å². The molecule has 1 aromatic rings. The highest BCUT2D eigenvalue weighted by Crippen LogP contribution is 2.18. The normalized spacial score (nSPS) is 10.5. The Morgan fingerprint density at radius 1 is 1.12 bits per heavy atom. The monoisotopic (exact) mass is 233 g/mol. The molecule has 0 saturated carbocycles. The lowest BCUT2D eigenvalue weighted by molar-refractivity contribution is 0.147. The van der Waals surface area contributed by atoms with Gasteiger partial charge in [-0.2, -0.15) is 0 Å². The van der Waals surface area contributed by atoms with Crippen LogP contribution in [0, 0.1) is 17.5 Å². The minimum atomic E-state index is -1.18. The molecule has 0 aliphatic rings. The van der Waals surface area contributed by atoms with Crippen molar-refractivity contribution in [1.82, 2.24) is 0 Å². The van der Waals surface area contributed by atoms with Crippen LogP contribution in [-0.2, 0) is 4.74 Å². The van der Waals surface area contributed by atoms with Crippen LogP contribution < -0.4 is 5.32 Å². The molecular weight excluding hydrogens is 219 g/mol. The van der Waals surface area contributed by atoms with Gasteiger partial charge in [0.1, 0.15) is 5.82 Å². The van der Waals surface area contributed by atoms with Crippen molar-refractivity contribution in [3.63, 3.8) is 0 Å².